The van der Waals surface area contributed by atoms with Gasteiger partial charge in [-0.25, -0.2) is 4.79 Å². The van der Waals surface area contributed by atoms with Crippen molar-refractivity contribution in [1.82, 2.24) is 5.32 Å². The molecule has 120 valence electrons. The summed E-state index contributed by atoms with van der Waals surface area (Å²) in [5, 5.41) is 12.4. The summed E-state index contributed by atoms with van der Waals surface area (Å²) in [4.78, 5) is 12.0. The van der Waals surface area contributed by atoms with Gasteiger partial charge in [-0.05, 0) is 25.0 Å². The number of allylic oxidation sites excluding steroid dienone is 1. The molecule has 0 aliphatic heterocycles. The molecule has 1 aromatic heterocycles. The summed E-state index contributed by atoms with van der Waals surface area (Å²) in [7, 11) is 0. The van der Waals surface area contributed by atoms with Gasteiger partial charge in [0.15, 0.2) is 5.57 Å². The smallest absolute Gasteiger partial charge is 0.350 e. The quantitative estimate of drug-likeness (QED) is 0.326. The highest BCUT2D eigenvalue weighted by Crippen LogP contribution is 2.14. The van der Waals surface area contributed by atoms with Crippen LogP contribution in [0.15, 0.2) is 34.1 Å². The number of ether oxygens (including phenoxy) is 2. The Bertz CT molecular complexity index is 527. The van der Waals surface area contributed by atoms with Gasteiger partial charge >= 0.3 is 5.97 Å². The first-order chi connectivity index (χ1) is 10.6. The number of nitriles is 1. The van der Waals surface area contributed by atoms with Gasteiger partial charge in [0.1, 0.15) is 18.4 Å². The minimum atomic E-state index is -0.641. The lowest BCUT2D eigenvalue weighted by Gasteiger charge is -2.15. The monoisotopic (exact) mass is 306 g/mol. The number of esters is 1. The fourth-order valence-corrected chi connectivity index (χ4v) is 1.80. The number of nitrogens with zero attached hydrogens (tertiary/aromatic N) is 1. The van der Waals surface area contributed by atoms with E-state index < -0.39 is 5.97 Å². The molecule has 0 spiro atoms. The third kappa shape index (κ3) is 5.62. The molecule has 1 N–H and O–H groups in total. The van der Waals surface area contributed by atoms with Crippen molar-refractivity contribution < 1.29 is 18.7 Å². The zero-order valence-electron chi connectivity index (χ0n) is 13.2. The van der Waals surface area contributed by atoms with Crippen LogP contribution in [0.1, 0.15) is 26.5 Å². The minimum Gasteiger partial charge on any atom is -0.467 e. The normalized spacial score (nSPS) is 11.8. The zero-order valence-corrected chi connectivity index (χ0v) is 13.2. The second-order valence-electron chi connectivity index (χ2n) is 4.82. The Labute approximate surface area is 130 Å². The van der Waals surface area contributed by atoms with E-state index in [-0.39, 0.29) is 18.1 Å². The van der Waals surface area contributed by atoms with E-state index in [9.17, 15) is 10.1 Å². The fourth-order valence-electron chi connectivity index (χ4n) is 1.80. The number of carbonyl (C=O) groups excluding carboxylic acids is 1. The van der Waals surface area contributed by atoms with Gasteiger partial charge in [-0.15, -0.1) is 0 Å². The number of rotatable bonds is 9. The standard InChI is InChI=1S/C16H22N2O4/c1-4-20-8-9-22-16(19)14(10-17)15(12(2)3)18-11-13-6-5-7-21-13/h5-7,12,18H,4,8-9,11H2,1-3H3/b15-14+. The Morgan fingerprint density at radius 3 is 2.77 bits per heavy atom. The maximum atomic E-state index is 12.0. The van der Waals surface area contributed by atoms with E-state index in [0.717, 1.165) is 5.76 Å². The van der Waals surface area contributed by atoms with Crippen molar-refractivity contribution >= 4 is 5.97 Å². The third-order valence-electron chi connectivity index (χ3n) is 2.86. The second kappa shape index (κ2) is 9.64. The van der Waals surface area contributed by atoms with Crippen LogP contribution in [0.4, 0.5) is 0 Å². The minimum absolute atomic E-state index is 0.0157. The van der Waals surface area contributed by atoms with Crippen molar-refractivity contribution in [1.29, 1.82) is 5.26 Å². The first-order valence-corrected chi connectivity index (χ1v) is 7.25. The summed E-state index contributed by atoms with van der Waals surface area (Å²) in [6, 6.07) is 5.52. The Morgan fingerprint density at radius 1 is 1.45 bits per heavy atom. The first kappa shape index (κ1) is 17.8. The van der Waals surface area contributed by atoms with Gasteiger partial charge in [0.2, 0.25) is 0 Å². The van der Waals surface area contributed by atoms with E-state index in [2.05, 4.69) is 5.32 Å². The number of nitrogens with one attached hydrogen (secondary N) is 1. The Hall–Kier alpha value is -2.26. The summed E-state index contributed by atoms with van der Waals surface area (Å²) in [5.74, 6) is 0.0575. The molecule has 1 heterocycles. The van der Waals surface area contributed by atoms with E-state index in [1.807, 2.05) is 32.9 Å². The third-order valence-corrected chi connectivity index (χ3v) is 2.86. The van der Waals surface area contributed by atoms with Crippen LogP contribution in [0.5, 0.6) is 0 Å². The number of carbonyl (C=O) groups is 1. The van der Waals surface area contributed by atoms with Gasteiger partial charge in [-0.1, -0.05) is 13.8 Å². The molecule has 6 heteroatoms. The van der Waals surface area contributed by atoms with Gasteiger partial charge in [0.25, 0.3) is 0 Å². The molecule has 0 fully saturated rings. The Balaban J connectivity index is 2.74. The number of hydrogen-bond donors (Lipinski definition) is 1. The van der Waals surface area contributed by atoms with Crippen LogP contribution in [0.2, 0.25) is 0 Å². The molecule has 0 aliphatic carbocycles. The van der Waals surface area contributed by atoms with Gasteiger partial charge in [0.05, 0.1) is 19.4 Å². The van der Waals surface area contributed by atoms with Gasteiger partial charge in [-0.3, -0.25) is 0 Å². The number of hydrogen-bond acceptors (Lipinski definition) is 6. The van der Waals surface area contributed by atoms with E-state index in [1.54, 1.807) is 12.3 Å². The molecule has 22 heavy (non-hydrogen) atoms. The lowest BCUT2D eigenvalue weighted by Crippen LogP contribution is -2.23. The molecule has 0 unspecified atom stereocenters. The van der Waals surface area contributed by atoms with E-state index in [4.69, 9.17) is 13.9 Å². The molecular formula is C16H22N2O4. The lowest BCUT2D eigenvalue weighted by atomic mass is 10.0. The van der Waals surface area contributed by atoms with Crippen molar-refractivity contribution in [3.05, 3.63) is 35.4 Å². The predicted molar refractivity (Wildman–Crippen MR) is 80.5 cm³/mol. The van der Waals surface area contributed by atoms with E-state index >= 15 is 0 Å². The molecular weight excluding hydrogens is 284 g/mol. The van der Waals surface area contributed by atoms with Gasteiger partial charge in [-0.2, -0.15) is 5.26 Å². The van der Waals surface area contributed by atoms with Crippen molar-refractivity contribution in [3.8, 4) is 6.07 Å². The van der Waals surface area contributed by atoms with Crippen LogP contribution < -0.4 is 5.32 Å². The SMILES string of the molecule is CCOCCOC(=O)/C(C#N)=C(/NCc1ccco1)C(C)C. The topological polar surface area (TPSA) is 84.5 Å². The van der Waals surface area contributed by atoms with E-state index in [0.29, 0.717) is 25.5 Å². The van der Waals surface area contributed by atoms with Crippen LogP contribution in [0.3, 0.4) is 0 Å². The molecule has 0 radical (unpaired) electrons. The molecule has 1 aromatic rings. The molecule has 0 aromatic carbocycles. The van der Waals surface area contributed by atoms with Crippen molar-refractivity contribution in [2.75, 3.05) is 19.8 Å². The highest BCUT2D eigenvalue weighted by Gasteiger charge is 2.19. The average molecular weight is 306 g/mol. The predicted octanol–water partition coefficient (Wildman–Crippen LogP) is 2.38. The highest BCUT2D eigenvalue weighted by molar-refractivity contribution is 5.93. The largest absolute Gasteiger partial charge is 0.467 e. The van der Waals surface area contributed by atoms with E-state index in [1.165, 1.54) is 0 Å². The van der Waals surface area contributed by atoms with Crippen LogP contribution in [0, 0.1) is 17.2 Å². The van der Waals surface area contributed by atoms with Gasteiger partial charge < -0.3 is 19.2 Å². The number of furan rings is 1. The summed E-state index contributed by atoms with van der Waals surface area (Å²) >= 11 is 0. The fraction of sp³-hybridized carbons (Fsp3) is 0.500. The molecule has 6 nitrogen and oxygen atoms in total. The molecule has 0 aliphatic rings. The Morgan fingerprint density at radius 2 is 2.23 bits per heavy atom. The maximum Gasteiger partial charge on any atom is 0.350 e. The van der Waals surface area contributed by atoms with Crippen LogP contribution >= 0.6 is 0 Å². The Kier molecular flexibility index (Phi) is 7.79. The average Bonchev–Trinajstić information content (AvgIpc) is 3.00. The molecule has 1 rings (SSSR count). The van der Waals surface area contributed by atoms with Crippen molar-refractivity contribution in [2.24, 2.45) is 5.92 Å². The highest BCUT2D eigenvalue weighted by atomic mass is 16.6. The van der Waals surface area contributed by atoms with Crippen LogP contribution in [-0.2, 0) is 20.8 Å². The van der Waals surface area contributed by atoms with Crippen LogP contribution in [-0.4, -0.2) is 25.8 Å². The summed E-state index contributed by atoms with van der Waals surface area (Å²) in [6.45, 7) is 7.06. The summed E-state index contributed by atoms with van der Waals surface area (Å²) in [6.07, 6.45) is 1.57. The molecule has 0 amide bonds. The molecule has 0 saturated carbocycles. The lowest BCUT2D eigenvalue weighted by molar-refractivity contribution is -0.140. The summed E-state index contributed by atoms with van der Waals surface area (Å²) in [5.41, 5.74) is 0.526. The van der Waals surface area contributed by atoms with Crippen LogP contribution in [0.25, 0.3) is 0 Å². The van der Waals surface area contributed by atoms with Crippen molar-refractivity contribution in [2.45, 2.75) is 27.3 Å². The maximum absolute atomic E-state index is 12.0. The molecule has 0 saturated heterocycles. The molecule has 0 atom stereocenters. The zero-order chi connectivity index (χ0) is 16.4. The van der Waals surface area contributed by atoms with Crippen molar-refractivity contribution in [3.63, 3.8) is 0 Å². The first-order valence-electron chi connectivity index (χ1n) is 7.25. The summed E-state index contributed by atoms with van der Waals surface area (Å²) < 4.78 is 15.4. The molecule has 0 bridgehead atoms. The van der Waals surface area contributed by atoms with Gasteiger partial charge in [0, 0.05) is 12.3 Å². The second-order valence-corrected chi connectivity index (χ2v) is 4.82.